The number of pyridine rings is 1. The van der Waals surface area contributed by atoms with Crippen LogP contribution in [-0.2, 0) is 6.54 Å². The lowest BCUT2D eigenvalue weighted by Gasteiger charge is -2.15. The highest BCUT2D eigenvalue weighted by molar-refractivity contribution is 5.20. The number of aromatic nitrogens is 1. The third-order valence-corrected chi connectivity index (χ3v) is 3.87. The largest absolute Gasteiger partial charge is 0.312 e. The molecule has 1 N–H and O–H groups in total. The molecule has 1 fully saturated rings. The van der Waals surface area contributed by atoms with Crippen molar-refractivity contribution in [3.8, 4) is 0 Å². The van der Waals surface area contributed by atoms with E-state index in [4.69, 9.17) is 0 Å². The van der Waals surface area contributed by atoms with Gasteiger partial charge in [-0.3, -0.25) is 4.98 Å². The molecule has 1 heterocycles. The summed E-state index contributed by atoms with van der Waals surface area (Å²) in [5.41, 5.74) is 2.68. The van der Waals surface area contributed by atoms with E-state index in [-0.39, 0.29) is 0 Å². The van der Waals surface area contributed by atoms with Gasteiger partial charge in [0.05, 0.1) is 0 Å². The lowest BCUT2D eigenvalue weighted by molar-refractivity contribution is 0.424. The molecule has 2 heteroatoms. The summed E-state index contributed by atoms with van der Waals surface area (Å²) >= 11 is 0. The quantitative estimate of drug-likeness (QED) is 0.804. The Morgan fingerprint density at radius 2 is 2.00 bits per heavy atom. The molecule has 1 aromatic rings. The van der Waals surface area contributed by atoms with Crippen LogP contribution < -0.4 is 5.32 Å². The molecule has 2 rings (SSSR count). The summed E-state index contributed by atoms with van der Waals surface area (Å²) in [5.74, 6) is 0.898. The van der Waals surface area contributed by atoms with E-state index in [0.29, 0.717) is 0 Å². The van der Waals surface area contributed by atoms with Crippen LogP contribution in [-0.4, -0.2) is 11.5 Å². The average Bonchev–Trinajstić information content (AvgIpc) is 2.60. The molecule has 94 valence electrons. The monoisotopic (exact) mass is 232 g/mol. The van der Waals surface area contributed by atoms with E-state index in [1.807, 2.05) is 12.4 Å². The molecule has 1 aliphatic carbocycles. The lowest BCUT2D eigenvalue weighted by Crippen LogP contribution is -2.22. The van der Waals surface area contributed by atoms with Gasteiger partial charge < -0.3 is 5.32 Å². The van der Waals surface area contributed by atoms with Crippen molar-refractivity contribution in [2.45, 2.75) is 52.0 Å². The maximum absolute atomic E-state index is 4.19. The van der Waals surface area contributed by atoms with Gasteiger partial charge in [-0.25, -0.2) is 0 Å². The summed E-state index contributed by atoms with van der Waals surface area (Å²) in [6, 6.07) is 2.09. The van der Waals surface area contributed by atoms with Crippen molar-refractivity contribution in [2.75, 3.05) is 6.54 Å². The molecule has 0 aromatic carbocycles. The summed E-state index contributed by atoms with van der Waals surface area (Å²) in [6.07, 6.45) is 12.4. The van der Waals surface area contributed by atoms with Crippen LogP contribution in [0.2, 0.25) is 0 Å². The zero-order chi connectivity index (χ0) is 11.9. The summed E-state index contributed by atoms with van der Waals surface area (Å²) < 4.78 is 0. The maximum atomic E-state index is 4.19. The first-order valence-corrected chi connectivity index (χ1v) is 6.96. The van der Waals surface area contributed by atoms with Gasteiger partial charge in [0, 0.05) is 18.9 Å². The van der Waals surface area contributed by atoms with Crippen molar-refractivity contribution in [3.05, 3.63) is 29.6 Å². The summed E-state index contributed by atoms with van der Waals surface area (Å²) in [7, 11) is 0. The standard InChI is InChI=1S/C15H24N2/c1-13-8-9-16-11-15(13)12-17-10-14-6-4-2-3-5-7-14/h8-9,11,14,17H,2-7,10,12H2,1H3. The van der Waals surface area contributed by atoms with Crippen molar-refractivity contribution in [1.82, 2.24) is 10.3 Å². The number of nitrogens with one attached hydrogen (secondary N) is 1. The lowest BCUT2D eigenvalue weighted by atomic mass is 10.0. The normalized spacial score (nSPS) is 17.9. The maximum Gasteiger partial charge on any atom is 0.0315 e. The van der Waals surface area contributed by atoms with Gasteiger partial charge in [0.2, 0.25) is 0 Å². The van der Waals surface area contributed by atoms with Gasteiger partial charge in [-0.1, -0.05) is 25.7 Å². The van der Waals surface area contributed by atoms with Crippen molar-refractivity contribution < 1.29 is 0 Å². The van der Waals surface area contributed by atoms with Crippen molar-refractivity contribution in [1.29, 1.82) is 0 Å². The van der Waals surface area contributed by atoms with Crippen LogP contribution in [0.3, 0.4) is 0 Å². The van der Waals surface area contributed by atoms with Crippen LogP contribution in [0.4, 0.5) is 0 Å². The highest BCUT2D eigenvalue weighted by atomic mass is 14.9. The molecule has 0 amide bonds. The number of aryl methyl sites for hydroxylation is 1. The van der Waals surface area contributed by atoms with E-state index >= 15 is 0 Å². The predicted octanol–water partition coefficient (Wildman–Crippen LogP) is 3.45. The molecule has 1 aliphatic rings. The third kappa shape index (κ3) is 4.12. The van der Waals surface area contributed by atoms with Gasteiger partial charge in [0.1, 0.15) is 0 Å². The van der Waals surface area contributed by atoms with E-state index in [9.17, 15) is 0 Å². The van der Waals surface area contributed by atoms with Crippen molar-refractivity contribution in [2.24, 2.45) is 5.92 Å². The van der Waals surface area contributed by atoms with E-state index in [0.717, 1.165) is 12.5 Å². The van der Waals surface area contributed by atoms with Crippen LogP contribution in [0.1, 0.15) is 49.7 Å². The van der Waals surface area contributed by atoms with E-state index < -0.39 is 0 Å². The Balaban J connectivity index is 1.73. The number of rotatable bonds is 4. The minimum absolute atomic E-state index is 0.898. The van der Waals surface area contributed by atoms with Gasteiger partial charge in [-0.15, -0.1) is 0 Å². The molecule has 1 aromatic heterocycles. The predicted molar refractivity (Wildman–Crippen MR) is 71.9 cm³/mol. The van der Waals surface area contributed by atoms with Gasteiger partial charge >= 0.3 is 0 Å². The third-order valence-electron chi connectivity index (χ3n) is 3.87. The molecule has 2 nitrogen and oxygen atoms in total. The van der Waals surface area contributed by atoms with Crippen LogP contribution in [0.25, 0.3) is 0 Å². The molecule has 0 saturated heterocycles. The number of nitrogens with zero attached hydrogens (tertiary/aromatic N) is 1. The molecule has 0 spiro atoms. The highest BCUT2D eigenvalue weighted by Crippen LogP contribution is 2.22. The minimum Gasteiger partial charge on any atom is -0.312 e. The first kappa shape index (κ1) is 12.6. The second kappa shape index (κ2) is 6.75. The Morgan fingerprint density at radius 1 is 1.24 bits per heavy atom. The van der Waals surface area contributed by atoms with E-state index in [2.05, 4.69) is 23.3 Å². The Labute approximate surface area is 105 Å². The average molecular weight is 232 g/mol. The molecule has 0 unspecified atom stereocenters. The fourth-order valence-electron chi connectivity index (χ4n) is 2.66. The topological polar surface area (TPSA) is 24.9 Å². The van der Waals surface area contributed by atoms with Gasteiger partial charge in [0.15, 0.2) is 0 Å². The van der Waals surface area contributed by atoms with Gasteiger partial charge in [-0.2, -0.15) is 0 Å². The summed E-state index contributed by atoms with van der Waals surface area (Å²) in [6.45, 7) is 4.30. The van der Waals surface area contributed by atoms with Crippen molar-refractivity contribution >= 4 is 0 Å². The number of hydrogen-bond donors (Lipinski definition) is 1. The van der Waals surface area contributed by atoms with Gasteiger partial charge in [0.25, 0.3) is 0 Å². The van der Waals surface area contributed by atoms with Gasteiger partial charge in [-0.05, 0) is 49.4 Å². The minimum atomic E-state index is 0.898. The molecule has 0 radical (unpaired) electrons. The second-order valence-electron chi connectivity index (χ2n) is 5.29. The molecular formula is C15H24N2. The molecule has 0 atom stereocenters. The van der Waals surface area contributed by atoms with E-state index in [1.165, 1.54) is 56.2 Å². The Kier molecular flexibility index (Phi) is 4.99. The molecule has 1 saturated carbocycles. The molecule has 0 bridgehead atoms. The SMILES string of the molecule is Cc1ccncc1CNCC1CCCCCC1. The van der Waals surface area contributed by atoms with Crippen LogP contribution in [0, 0.1) is 12.8 Å². The smallest absolute Gasteiger partial charge is 0.0315 e. The molecule has 0 aliphatic heterocycles. The zero-order valence-electron chi connectivity index (χ0n) is 10.9. The van der Waals surface area contributed by atoms with E-state index in [1.54, 1.807) is 0 Å². The fraction of sp³-hybridized carbons (Fsp3) is 0.667. The fourth-order valence-corrected chi connectivity index (χ4v) is 2.66. The highest BCUT2D eigenvalue weighted by Gasteiger charge is 2.11. The Bertz CT molecular complexity index is 327. The molecular weight excluding hydrogens is 208 g/mol. The van der Waals surface area contributed by atoms with Crippen LogP contribution in [0.5, 0.6) is 0 Å². The first-order valence-electron chi connectivity index (χ1n) is 6.96. The first-order chi connectivity index (χ1) is 8.36. The summed E-state index contributed by atoms with van der Waals surface area (Å²) in [4.78, 5) is 4.19. The number of hydrogen-bond acceptors (Lipinski definition) is 2. The summed E-state index contributed by atoms with van der Waals surface area (Å²) in [5, 5.41) is 3.60. The molecule has 17 heavy (non-hydrogen) atoms. The Hall–Kier alpha value is -0.890. The van der Waals surface area contributed by atoms with Crippen LogP contribution in [0.15, 0.2) is 18.5 Å². The van der Waals surface area contributed by atoms with Crippen LogP contribution >= 0.6 is 0 Å². The second-order valence-corrected chi connectivity index (χ2v) is 5.29. The zero-order valence-corrected chi connectivity index (χ0v) is 10.9. The van der Waals surface area contributed by atoms with Crippen molar-refractivity contribution in [3.63, 3.8) is 0 Å². The Morgan fingerprint density at radius 3 is 2.71 bits per heavy atom.